The third kappa shape index (κ3) is 7.23. The predicted molar refractivity (Wildman–Crippen MR) is 195 cm³/mol. The SMILES string of the molecule is ClC(Cl)C(Cl)(Cl)C(Cl)(Cl)C(Cl)(Cl)C(Cl)(Cl)C(Cl)(Cl)C(Cl)(Cl)C(Cl)(Cl)C(Cl)(Cl)C(Cl)(Cl)C(Cl)(Cl)C(Cl)(Cl)C(Cl)(Cl)Cl. The molecule has 0 saturated carbocycles. The number of alkyl halides is 27. The van der Waals surface area contributed by atoms with Gasteiger partial charge in [-0.3, -0.25) is 0 Å². The lowest BCUT2D eigenvalue weighted by atomic mass is 9.98. The van der Waals surface area contributed by atoms with E-state index >= 15 is 0 Å². The molecule has 0 saturated heterocycles. The van der Waals surface area contributed by atoms with Crippen molar-refractivity contribution < 1.29 is 0 Å². The molecule has 0 aromatic carbocycles. The van der Waals surface area contributed by atoms with Crippen molar-refractivity contribution >= 4 is 313 Å². The van der Waals surface area contributed by atoms with Gasteiger partial charge in [-0.05, 0) is 0 Å². The summed E-state index contributed by atoms with van der Waals surface area (Å²) in [4.78, 5) is -1.83. The Balaban J connectivity index is 7.35. The van der Waals surface area contributed by atoms with Crippen LogP contribution in [0, 0.1) is 0 Å². The van der Waals surface area contributed by atoms with E-state index in [0.717, 1.165) is 0 Å². The normalized spacial score (nSPS) is 17.1. The second kappa shape index (κ2) is 14.3. The molecule has 0 aliphatic carbocycles. The molecule has 0 spiro atoms. The minimum absolute atomic E-state index is 1.83. The summed E-state index contributed by atoms with van der Waals surface area (Å²) in [7, 11) is 0. The molecule has 27 heteroatoms. The van der Waals surface area contributed by atoms with Crippen LogP contribution in [0.2, 0.25) is 0 Å². The lowest BCUT2D eigenvalue weighted by Crippen LogP contribution is -2.74. The van der Waals surface area contributed by atoms with Crippen molar-refractivity contribution in [2.24, 2.45) is 0 Å². The molecular weight excluding hydrogens is 1110 g/mol. The maximum atomic E-state index is 6.41. The smallest absolute Gasteiger partial charge is 0.102 e. The molecule has 0 heterocycles. The van der Waals surface area contributed by atoms with Gasteiger partial charge in [0.05, 0.1) is 0 Å². The fraction of sp³-hybridized carbons (Fsp3) is 1.00. The second-order valence-corrected chi connectivity index (χ2v) is 25.2. The molecule has 0 rings (SSSR count). The van der Waals surface area contributed by atoms with Crippen LogP contribution in [0.25, 0.3) is 0 Å². The van der Waals surface area contributed by atoms with Gasteiger partial charge >= 0.3 is 0 Å². The van der Waals surface area contributed by atoms with E-state index < -0.39 is 56.3 Å². The summed E-state index contributed by atoms with van der Waals surface area (Å²) in [6, 6.07) is 0. The highest BCUT2D eigenvalue weighted by molar-refractivity contribution is 6.84. The number of rotatable bonds is 11. The van der Waals surface area contributed by atoms with Crippen LogP contribution in [-0.2, 0) is 0 Å². The standard InChI is InChI=1S/C13HCl27/c14-1(15)2(16,17)3(18,19)4(20,21)5(22,23)6(24,25)7(26,27)8(28,29)9(30,31)10(32,33)11(34,35)12(36,37)13(38,39)40/h1H. The van der Waals surface area contributed by atoms with E-state index in [1.165, 1.54) is 0 Å². The minimum Gasteiger partial charge on any atom is -0.102 e. The average Bonchev–Trinajstić information content (AvgIpc) is 2.71. The molecule has 242 valence electrons. The molecule has 0 fully saturated rings. The fourth-order valence-corrected chi connectivity index (χ4v) is 10.7. The van der Waals surface area contributed by atoms with E-state index in [4.69, 9.17) is 313 Å². The monoisotopic (exact) mass is 1100 g/mol. The minimum atomic E-state index is -3.40. The lowest BCUT2D eigenvalue weighted by Gasteiger charge is -2.57. The lowest BCUT2D eigenvalue weighted by molar-refractivity contribution is 0.414. The molecule has 0 bridgehead atoms. The topological polar surface area (TPSA) is 0 Å². The molecule has 0 radical (unpaired) electrons. The Labute approximate surface area is 363 Å². The van der Waals surface area contributed by atoms with E-state index in [1.807, 2.05) is 0 Å². The molecule has 0 aromatic rings. The first kappa shape index (κ1) is 47.8. The Morgan fingerprint density at radius 3 is 0.525 bits per heavy atom. The zero-order chi connectivity index (χ0) is 33.6. The van der Waals surface area contributed by atoms with Gasteiger partial charge in [0.25, 0.3) is 0 Å². The summed E-state index contributed by atoms with van der Waals surface area (Å²) in [5.41, 5.74) is 0. The zero-order valence-electron chi connectivity index (χ0n) is 16.8. The highest BCUT2D eigenvalue weighted by atomic mass is 35.6. The van der Waals surface area contributed by atoms with E-state index in [1.54, 1.807) is 0 Å². The first-order chi connectivity index (χ1) is 16.7. The number of halogens is 27. The Kier molecular flexibility index (Phi) is 17.1. The third-order valence-electron chi connectivity index (χ3n) is 4.60. The summed E-state index contributed by atoms with van der Waals surface area (Å²) >= 11 is 167. The fourth-order valence-electron chi connectivity index (χ4n) is 2.10. The van der Waals surface area contributed by atoms with Gasteiger partial charge in [-0.15, -0.1) is 23.2 Å². The van der Waals surface area contributed by atoms with Crippen molar-refractivity contribution in [2.45, 2.75) is 56.3 Å². The molecule has 0 aliphatic heterocycles. The van der Waals surface area contributed by atoms with Crippen molar-refractivity contribution in [3.8, 4) is 0 Å². The van der Waals surface area contributed by atoms with Gasteiger partial charge in [-0.25, -0.2) is 0 Å². The van der Waals surface area contributed by atoms with Crippen LogP contribution in [0.15, 0.2) is 0 Å². The zero-order valence-corrected chi connectivity index (χ0v) is 37.2. The summed E-state index contributed by atoms with van der Waals surface area (Å²) in [6.45, 7) is 0. The number of hydrogen-bond acceptors (Lipinski definition) is 0. The molecule has 0 atom stereocenters. The Hall–Kier alpha value is 7.83. The Morgan fingerprint density at radius 2 is 0.375 bits per heavy atom. The molecular formula is C13HCl27. The largest absolute Gasteiger partial charge is 0.226 e. The number of hydrogen-bond donors (Lipinski definition) is 0. The Bertz CT molecular complexity index is 915. The van der Waals surface area contributed by atoms with Crippen molar-refractivity contribution in [1.29, 1.82) is 0 Å². The summed E-state index contributed by atoms with van der Waals surface area (Å²) in [5, 5.41) is 0. The predicted octanol–water partition coefficient (Wildman–Crippen LogP) is 16.1. The van der Waals surface area contributed by atoms with Crippen molar-refractivity contribution in [3.05, 3.63) is 0 Å². The first-order valence-electron chi connectivity index (χ1n) is 8.20. The maximum Gasteiger partial charge on any atom is 0.226 e. The van der Waals surface area contributed by atoms with E-state index in [-0.39, 0.29) is 0 Å². The molecule has 0 amide bonds. The molecule has 0 aromatic heterocycles. The van der Waals surface area contributed by atoms with Crippen LogP contribution in [0.1, 0.15) is 0 Å². The summed E-state index contributed by atoms with van der Waals surface area (Å²) in [5.74, 6) is 0. The molecule has 0 N–H and O–H groups in total. The molecule has 0 unspecified atom stereocenters. The molecule has 0 nitrogen and oxygen atoms in total. The molecule has 0 aliphatic rings. The van der Waals surface area contributed by atoms with E-state index in [2.05, 4.69) is 0 Å². The average molecular weight is 1110 g/mol. The van der Waals surface area contributed by atoms with Crippen LogP contribution < -0.4 is 0 Å². The first-order valence-corrected chi connectivity index (χ1v) is 18.5. The van der Waals surface area contributed by atoms with Crippen LogP contribution >= 0.6 is 313 Å². The van der Waals surface area contributed by atoms with Crippen molar-refractivity contribution in [1.82, 2.24) is 0 Å². The second-order valence-electron chi connectivity index (χ2n) is 7.17. The van der Waals surface area contributed by atoms with Gasteiger partial charge in [-0.1, -0.05) is 290 Å². The van der Waals surface area contributed by atoms with Crippen LogP contribution in [0.5, 0.6) is 0 Å². The third-order valence-corrected chi connectivity index (χ3v) is 23.4. The Morgan fingerprint density at radius 1 is 0.225 bits per heavy atom. The van der Waals surface area contributed by atoms with Crippen LogP contribution in [0.4, 0.5) is 0 Å². The summed E-state index contributed by atoms with van der Waals surface area (Å²) < 4.78 is -37.9. The van der Waals surface area contributed by atoms with Gasteiger partial charge in [0.15, 0.2) is 43.3 Å². The maximum absolute atomic E-state index is 6.41. The quantitative estimate of drug-likeness (QED) is 0.181. The van der Waals surface area contributed by atoms with Crippen molar-refractivity contribution in [2.75, 3.05) is 0 Å². The molecule has 40 heavy (non-hydrogen) atoms. The van der Waals surface area contributed by atoms with Crippen LogP contribution in [0.3, 0.4) is 0 Å². The van der Waals surface area contributed by atoms with Crippen molar-refractivity contribution in [3.63, 3.8) is 0 Å². The highest BCUT2D eigenvalue weighted by Gasteiger charge is 2.85. The van der Waals surface area contributed by atoms with Gasteiger partial charge in [-0.2, -0.15) is 0 Å². The van der Waals surface area contributed by atoms with Gasteiger partial charge in [0, 0.05) is 0 Å². The van der Waals surface area contributed by atoms with Gasteiger partial charge in [0.1, 0.15) is 4.84 Å². The van der Waals surface area contributed by atoms with E-state index in [0.29, 0.717) is 0 Å². The van der Waals surface area contributed by atoms with Crippen LogP contribution in [-0.4, -0.2) is 56.3 Å². The van der Waals surface area contributed by atoms with E-state index in [9.17, 15) is 0 Å². The van der Waals surface area contributed by atoms with Gasteiger partial charge in [0.2, 0.25) is 8.13 Å². The highest BCUT2D eigenvalue weighted by Crippen LogP contribution is 2.76. The summed E-state index contributed by atoms with van der Waals surface area (Å²) in [6.07, 6.45) is 0. The van der Waals surface area contributed by atoms with Gasteiger partial charge < -0.3 is 0 Å².